The predicted octanol–water partition coefficient (Wildman–Crippen LogP) is 3.99. The van der Waals surface area contributed by atoms with E-state index in [9.17, 15) is 9.59 Å². The highest BCUT2D eigenvalue weighted by Gasteiger charge is 2.33. The lowest BCUT2D eigenvalue weighted by Crippen LogP contribution is -2.33. The second-order valence-electron chi connectivity index (χ2n) is 4.87. The van der Waals surface area contributed by atoms with E-state index >= 15 is 0 Å². The second kappa shape index (κ2) is 6.92. The van der Waals surface area contributed by atoms with E-state index in [1.165, 1.54) is 0 Å². The number of carboxylic acid groups (broad SMARTS) is 1. The maximum absolute atomic E-state index is 12.2. The number of carbonyl (C=O) groups is 2. The highest BCUT2D eigenvalue weighted by Crippen LogP contribution is 2.33. The highest BCUT2D eigenvalue weighted by molar-refractivity contribution is 9.10. The van der Waals surface area contributed by atoms with Crippen molar-refractivity contribution in [3.8, 4) is 11.3 Å². The van der Waals surface area contributed by atoms with Gasteiger partial charge in [-0.3, -0.25) is 14.5 Å². The quantitative estimate of drug-likeness (QED) is 0.591. The normalized spacial score (nSPS) is 16.2. The molecular formula is C16H10BrNO4S2. The van der Waals surface area contributed by atoms with Crippen LogP contribution in [0.5, 0.6) is 0 Å². The average molecular weight is 424 g/mol. The van der Waals surface area contributed by atoms with Gasteiger partial charge in [-0.25, -0.2) is 0 Å². The minimum Gasteiger partial charge on any atom is -0.480 e. The molecule has 1 aliphatic rings. The summed E-state index contributed by atoms with van der Waals surface area (Å²) < 4.78 is 6.94. The van der Waals surface area contributed by atoms with Gasteiger partial charge in [0.1, 0.15) is 22.4 Å². The fourth-order valence-corrected chi connectivity index (χ4v) is 3.60. The van der Waals surface area contributed by atoms with Crippen molar-refractivity contribution in [1.82, 2.24) is 4.90 Å². The van der Waals surface area contributed by atoms with Crippen LogP contribution in [0.1, 0.15) is 5.76 Å². The molecule has 1 aliphatic heterocycles. The maximum Gasteiger partial charge on any atom is 0.323 e. The van der Waals surface area contributed by atoms with Gasteiger partial charge in [-0.1, -0.05) is 52.0 Å². The number of halogens is 1. The van der Waals surface area contributed by atoms with E-state index in [4.69, 9.17) is 21.7 Å². The molecule has 0 unspecified atom stereocenters. The van der Waals surface area contributed by atoms with E-state index < -0.39 is 18.4 Å². The monoisotopic (exact) mass is 423 g/mol. The Morgan fingerprint density at radius 3 is 2.67 bits per heavy atom. The van der Waals surface area contributed by atoms with Gasteiger partial charge >= 0.3 is 5.97 Å². The van der Waals surface area contributed by atoms with Crippen molar-refractivity contribution in [3.63, 3.8) is 0 Å². The van der Waals surface area contributed by atoms with E-state index in [1.54, 1.807) is 12.1 Å². The molecule has 1 amide bonds. The molecule has 1 aromatic heterocycles. The molecule has 0 aliphatic carbocycles. The van der Waals surface area contributed by atoms with Crippen LogP contribution in [0.15, 0.2) is 50.2 Å². The van der Waals surface area contributed by atoms with E-state index in [1.807, 2.05) is 30.3 Å². The summed E-state index contributed by atoms with van der Waals surface area (Å²) in [6.45, 7) is -0.440. The predicted molar refractivity (Wildman–Crippen MR) is 99.4 cm³/mol. The highest BCUT2D eigenvalue weighted by atomic mass is 79.9. The van der Waals surface area contributed by atoms with Gasteiger partial charge in [0.15, 0.2) is 0 Å². The van der Waals surface area contributed by atoms with Crippen LogP contribution in [-0.2, 0) is 9.59 Å². The first-order chi connectivity index (χ1) is 11.4. The second-order valence-corrected chi connectivity index (χ2v) is 7.46. The van der Waals surface area contributed by atoms with Crippen LogP contribution in [0.3, 0.4) is 0 Å². The smallest absolute Gasteiger partial charge is 0.323 e. The summed E-state index contributed by atoms with van der Waals surface area (Å²) in [4.78, 5) is 24.4. The Labute approximate surface area is 155 Å². The van der Waals surface area contributed by atoms with Gasteiger partial charge in [0, 0.05) is 16.1 Å². The molecule has 0 saturated carbocycles. The molecule has 2 aromatic rings. The van der Waals surface area contributed by atoms with Crippen LogP contribution >= 0.6 is 39.9 Å². The summed E-state index contributed by atoms with van der Waals surface area (Å²) in [5.41, 5.74) is 0.913. The molecule has 2 heterocycles. The Bertz CT molecular complexity index is 857. The van der Waals surface area contributed by atoms with Gasteiger partial charge < -0.3 is 9.52 Å². The molecular weight excluding hydrogens is 414 g/mol. The molecule has 122 valence electrons. The fraction of sp³-hybridized carbons (Fsp3) is 0.0625. The Balaban J connectivity index is 1.82. The van der Waals surface area contributed by atoms with Crippen molar-refractivity contribution in [1.29, 1.82) is 0 Å². The molecule has 8 heteroatoms. The molecule has 1 aromatic carbocycles. The maximum atomic E-state index is 12.2. The lowest BCUT2D eigenvalue weighted by Gasteiger charge is -2.09. The van der Waals surface area contributed by atoms with Crippen LogP contribution in [-0.4, -0.2) is 32.7 Å². The van der Waals surface area contributed by atoms with Gasteiger partial charge in [-0.05, 0) is 24.3 Å². The van der Waals surface area contributed by atoms with Crippen LogP contribution in [0.2, 0.25) is 0 Å². The number of amides is 1. The third kappa shape index (κ3) is 3.61. The van der Waals surface area contributed by atoms with Gasteiger partial charge in [0.2, 0.25) is 0 Å². The summed E-state index contributed by atoms with van der Waals surface area (Å²) in [7, 11) is 0. The zero-order valence-corrected chi connectivity index (χ0v) is 15.3. The average Bonchev–Trinajstić information content (AvgIpc) is 3.09. The Kier molecular flexibility index (Phi) is 4.88. The van der Waals surface area contributed by atoms with Gasteiger partial charge in [0.05, 0.1) is 4.91 Å². The number of thioether (sulfide) groups is 1. The number of benzene rings is 1. The van der Waals surface area contributed by atoms with E-state index in [-0.39, 0.29) is 4.32 Å². The molecule has 0 atom stereocenters. The van der Waals surface area contributed by atoms with Crippen molar-refractivity contribution in [3.05, 3.63) is 51.5 Å². The number of carbonyl (C=O) groups excluding carboxylic acids is 1. The number of thiocarbonyl (C=S) groups is 1. The number of hydrogen-bond acceptors (Lipinski definition) is 5. The fourth-order valence-electron chi connectivity index (χ4n) is 2.10. The van der Waals surface area contributed by atoms with E-state index in [2.05, 4.69) is 15.9 Å². The summed E-state index contributed by atoms with van der Waals surface area (Å²) in [5, 5.41) is 8.83. The first-order valence-electron chi connectivity index (χ1n) is 6.77. The van der Waals surface area contributed by atoms with Gasteiger partial charge in [-0.15, -0.1) is 0 Å². The van der Waals surface area contributed by atoms with Crippen LogP contribution < -0.4 is 0 Å². The third-order valence-corrected chi connectivity index (χ3v) is 5.10. The molecule has 1 saturated heterocycles. The van der Waals surface area contributed by atoms with Gasteiger partial charge in [-0.2, -0.15) is 0 Å². The molecule has 5 nitrogen and oxygen atoms in total. The lowest BCUT2D eigenvalue weighted by molar-refractivity contribution is -0.140. The first kappa shape index (κ1) is 16.9. The minimum absolute atomic E-state index is 0.230. The summed E-state index contributed by atoms with van der Waals surface area (Å²) >= 11 is 9.49. The number of rotatable bonds is 4. The Hall–Kier alpha value is -1.90. The Morgan fingerprint density at radius 1 is 1.29 bits per heavy atom. The van der Waals surface area contributed by atoms with Crippen molar-refractivity contribution in [2.45, 2.75) is 0 Å². The standard InChI is InChI=1S/C16H10BrNO4S2/c17-10-3-1-9(2-4-10)12-6-5-11(22-12)7-13-15(21)18(8-14(19)20)16(23)24-13/h1-7H,8H2,(H,19,20)/b13-7-. The number of hydrogen-bond donors (Lipinski definition) is 1. The number of furan rings is 1. The van der Waals surface area contributed by atoms with Crippen LogP contribution in [0.4, 0.5) is 0 Å². The van der Waals surface area contributed by atoms with Gasteiger partial charge in [0.25, 0.3) is 5.91 Å². The summed E-state index contributed by atoms with van der Waals surface area (Å²) in [6.07, 6.45) is 1.57. The van der Waals surface area contributed by atoms with E-state index in [0.717, 1.165) is 26.7 Å². The molecule has 1 N–H and O–H groups in total. The zero-order valence-electron chi connectivity index (χ0n) is 12.1. The van der Waals surface area contributed by atoms with Crippen LogP contribution in [0.25, 0.3) is 17.4 Å². The number of carboxylic acids is 1. The van der Waals surface area contributed by atoms with Crippen molar-refractivity contribution in [2.75, 3.05) is 6.54 Å². The molecule has 3 rings (SSSR count). The van der Waals surface area contributed by atoms with Crippen molar-refractivity contribution < 1.29 is 19.1 Å². The zero-order chi connectivity index (χ0) is 17.3. The SMILES string of the molecule is O=C(O)CN1C(=O)/C(=C/c2ccc(-c3ccc(Br)cc3)o2)SC1=S. The summed E-state index contributed by atoms with van der Waals surface area (Å²) in [5.74, 6) is -0.351. The molecule has 0 spiro atoms. The lowest BCUT2D eigenvalue weighted by atomic mass is 10.2. The largest absolute Gasteiger partial charge is 0.480 e. The van der Waals surface area contributed by atoms with Crippen LogP contribution in [0, 0.1) is 0 Å². The topological polar surface area (TPSA) is 70.8 Å². The first-order valence-corrected chi connectivity index (χ1v) is 8.79. The van der Waals surface area contributed by atoms with E-state index in [0.29, 0.717) is 16.4 Å². The molecule has 0 radical (unpaired) electrons. The van der Waals surface area contributed by atoms with Crippen molar-refractivity contribution in [2.24, 2.45) is 0 Å². The number of aliphatic carboxylic acids is 1. The third-order valence-electron chi connectivity index (χ3n) is 3.20. The molecule has 0 bridgehead atoms. The summed E-state index contributed by atoms with van der Waals surface area (Å²) in [6, 6.07) is 11.2. The molecule has 1 fully saturated rings. The van der Waals surface area contributed by atoms with Crippen molar-refractivity contribution >= 4 is 62.2 Å². The Morgan fingerprint density at radius 2 is 2.00 bits per heavy atom. The molecule has 24 heavy (non-hydrogen) atoms. The minimum atomic E-state index is -1.11. The number of nitrogens with zero attached hydrogens (tertiary/aromatic N) is 1.